The predicted molar refractivity (Wildman–Crippen MR) is 86.9 cm³/mol. The number of carbonyl (C=O) groups excluding carboxylic acids is 2. The van der Waals surface area contributed by atoms with Crippen LogP contribution >= 0.6 is 0 Å². The lowest BCUT2D eigenvalue weighted by molar-refractivity contribution is -0.124. The van der Waals surface area contributed by atoms with Gasteiger partial charge in [0.25, 0.3) is 5.91 Å². The number of ether oxygens (including phenoxy) is 1. The second-order valence-electron chi connectivity index (χ2n) is 5.09. The van der Waals surface area contributed by atoms with Crippen molar-refractivity contribution in [3.63, 3.8) is 0 Å². The van der Waals surface area contributed by atoms with E-state index in [-0.39, 0.29) is 12.5 Å². The van der Waals surface area contributed by atoms with Crippen molar-refractivity contribution >= 4 is 22.8 Å². The molecular formula is C18H16N2O3. The highest BCUT2D eigenvalue weighted by molar-refractivity contribution is 6.04. The van der Waals surface area contributed by atoms with Gasteiger partial charge in [-0.3, -0.25) is 4.79 Å². The number of H-pyrrole nitrogens is 1. The summed E-state index contributed by atoms with van der Waals surface area (Å²) in [5.74, 6) is -0.848. The molecule has 2 N–H and O–H groups in total. The van der Waals surface area contributed by atoms with E-state index in [2.05, 4.69) is 10.3 Å². The van der Waals surface area contributed by atoms with E-state index in [1.165, 1.54) is 0 Å². The van der Waals surface area contributed by atoms with Gasteiger partial charge in [0, 0.05) is 23.6 Å². The Morgan fingerprint density at radius 2 is 1.74 bits per heavy atom. The number of hydrogen-bond acceptors (Lipinski definition) is 3. The first-order chi connectivity index (χ1) is 11.2. The summed E-state index contributed by atoms with van der Waals surface area (Å²) in [5, 5.41) is 3.49. The molecule has 1 aromatic heterocycles. The van der Waals surface area contributed by atoms with E-state index in [1.54, 1.807) is 6.20 Å². The van der Waals surface area contributed by atoms with Crippen molar-refractivity contribution in [3.05, 3.63) is 71.9 Å². The maximum absolute atomic E-state index is 12.1. The molecule has 23 heavy (non-hydrogen) atoms. The van der Waals surface area contributed by atoms with Gasteiger partial charge in [-0.1, -0.05) is 48.5 Å². The predicted octanol–water partition coefficient (Wildman–Crippen LogP) is 2.64. The number of fused-ring (bicyclic) bond motifs is 1. The highest BCUT2D eigenvalue weighted by Crippen LogP contribution is 2.18. The smallest absolute Gasteiger partial charge is 0.340 e. The summed E-state index contributed by atoms with van der Waals surface area (Å²) in [5.41, 5.74) is 2.27. The van der Waals surface area contributed by atoms with Crippen LogP contribution in [-0.4, -0.2) is 23.5 Å². The molecular weight excluding hydrogens is 292 g/mol. The van der Waals surface area contributed by atoms with E-state index >= 15 is 0 Å². The molecule has 0 aliphatic heterocycles. The summed E-state index contributed by atoms with van der Waals surface area (Å²) < 4.78 is 5.07. The molecule has 3 rings (SSSR count). The zero-order valence-corrected chi connectivity index (χ0v) is 12.4. The molecule has 5 heteroatoms. The molecule has 0 radical (unpaired) electrons. The Labute approximate surface area is 133 Å². The zero-order chi connectivity index (χ0) is 16.1. The van der Waals surface area contributed by atoms with Crippen molar-refractivity contribution in [2.24, 2.45) is 0 Å². The largest absolute Gasteiger partial charge is 0.452 e. The van der Waals surface area contributed by atoms with Crippen LogP contribution in [0.5, 0.6) is 0 Å². The van der Waals surface area contributed by atoms with E-state index in [1.807, 2.05) is 54.6 Å². The van der Waals surface area contributed by atoms with Gasteiger partial charge >= 0.3 is 5.97 Å². The quantitative estimate of drug-likeness (QED) is 0.712. The lowest BCUT2D eigenvalue weighted by Crippen LogP contribution is -2.28. The first-order valence-corrected chi connectivity index (χ1v) is 7.28. The van der Waals surface area contributed by atoms with E-state index in [4.69, 9.17) is 4.74 Å². The fraction of sp³-hybridized carbons (Fsp3) is 0.111. The number of amides is 1. The molecule has 0 atom stereocenters. The van der Waals surface area contributed by atoms with Gasteiger partial charge in [0.05, 0.1) is 5.56 Å². The van der Waals surface area contributed by atoms with Crippen LogP contribution in [0.4, 0.5) is 0 Å². The maximum atomic E-state index is 12.1. The minimum atomic E-state index is -0.516. The molecule has 3 aromatic rings. The summed E-state index contributed by atoms with van der Waals surface area (Å²) >= 11 is 0. The Hall–Kier alpha value is -3.08. The third-order valence-corrected chi connectivity index (χ3v) is 3.48. The fourth-order valence-corrected chi connectivity index (χ4v) is 2.30. The summed E-state index contributed by atoms with van der Waals surface area (Å²) in [6.45, 7) is 0.107. The molecule has 1 heterocycles. The van der Waals surface area contributed by atoms with Crippen molar-refractivity contribution in [3.8, 4) is 0 Å². The molecule has 0 unspecified atom stereocenters. The second kappa shape index (κ2) is 6.79. The minimum absolute atomic E-state index is 0.300. The average Bonchev–Trinajstić information content (AvgIpc) is 3.03. The number of para-hydroxylation sites is 1. The van der Waals surface area contributed by atoms with Crippen molar-refractivity contribution in [2.45, 2.75) is 6.54 Å². The number of nitrogens with one attached hydrogen (secondary N) is 2. The molecule has 0 fully saturated rings. The van der Waals surface area contributed by atoms with Crippen LogP contribution in [0.15, 0.2) is 60.8 Å². The molecule has 0 aliphatic carbocycles. The van der Waals surface area contributed by atoms with Crippen LogP contribution in [0.3, 0.4) is 0 Å². The molecule has 0 saturated carbocycles. The molecule has 0 saturated heterocycles. The topological polar surface area (TPSA) is 71.2 Å². The maximum Gasteiger partial charge on any atom is 0.340 e. The Bertz CT molecular complexity index is 824. The van der Waals surface area contributed by atoms with Gasteiger partial charge in [-0.25, -0.2) is 4.79 Å². The fourth-order valence-electron chi connectivity index (χ4n) is 2.30. The zero-order valence-electron chi connectivity index (χ0n) is 12.4. The Kier molecular flexibility index (Phi) is 4.38. The first-order valence-electron chi connectivity index (χ1n) is 7.28. The number of hydrogen-bond donors (Lipinski definition) is 2. The van der Waals surface area contributed by atoms with Crippen LogP contribution in [-0.2, 0) is 16.1 Å². The third kappa shape index (κ3) is 3.58. The van der Waals surface area contributed by atoms with E-state index in [9.17, 15) is 9.59 Å². The number of benzene rings is 2. The minimum Gasteiger partial charge on any atom is -0.452 e. The SMILES string of the molecule is O=C(COC(=O)c1c[nH]c2ccccc12)NCc1ccccc1. The van der Waals surface area contributed by atoms with Crippen LogP contribution in [0.25, 0.3) is 10.9 Å². The van der Waals surface area contributed by atoms with Crippen LogP contribution in [0.1, 0.15) is 15.9 Å². The van der Waals surface area contributed by atoms with Crippen LogP contribution in [0.2, 0.25) is 0 Å². The molecule has 1 amide bonds. The Morgan fingerprint density at radius 3 is 2.57 bits per heavy atom. The lowest BCUT2D eigenvalue weighted by Gasteiger charge is -2.06. The van der Waals surface area contributed by atoms with Crippen LogP contribution in [0, 0.1) is 0 Å². The summed E-state index contributed by atoms with van der Waals surface area (Å²) in [6, 6.07) is 17.0. The Morgan fingerprint density at radius 1 is 1.00 bits per heavy atom. The molecule has 0 aliphatic rings. The average molecular weight is 308 g/mol. The van der Waals surface area contributed by atoms with Crippen molar-refractivity contribution in [1.82, 2.24) is 10.3 Å². The lowest BCUT2D eigenvalue weighted by atomic mass is 10.2. The molecule has 0 bridgehead atoms. The molecule has 5 nitrogen and oxygen atoms in total. The van der Waals surface area contributed by atoms with Gasteiger partial charge in [-0.2, -0.15) is 0 Å². The third-order valence-electron chi connectivity index (χ3n) is 3.48. The standard InChI is InChI=1S/C18H16N2O3/c21-17(20-10-13-6-2-1-3-7-13)12-23-18(22)15-11-19-16-9-5-4-8-14(15)16/h1-9,11,19H,10,12H2,(H,20,21). The van der Waals surface area contributed by atoms with E-state index in [0.717, 1.165) is 16.5 Å². The van der Waals surface area contributed by atoms with Crippen molar-refractivity contribution < 1.29 is 14.3 Å². The molecule has 2 aromatic carbocycles. The highest BCUT2D eigenvalue weighted by Gasteiger charge is 2.14. The number of aromatic amines is 1. The number of esters is 1. The van der Waals surface area contributed by atoms with Crippen LogP contribution < -0.4 is 5.32 Å². The monoisotopic (exact) mass is 308 g/mol. The highest BCUT2D eigenvalue weighted by atomic mass is 16.5. The second-order valence-corrected chi connectivity index (χ2v) is 5.09. The van der Waals surface area contributed by atoms with Gasteiger partial charge in [0.1, 0.15) is 0 Å². The summed E-state index contributed by atoms with van der Waals surface area (Å²) in [7, 11) is 0. The normalized spacial score (nSPS) is 10.4. The molecule has 0 spiro atoms. The van der Waals surface area contributed by atoms with Gasteiger partial charge in [-0.15, -0.1) is 0 Å². The summed E-state index contributed by atoms with van der Waals surface area (Å²) in [6.07, 6.45) is 1.59. The van der Waals surface area contributed by atoms with Crippen molar-refractivity contribution in [1.29, 1.82) is 0 Å². The Balaban J connectivity index is 1.53. The van der Waals surface area contributed by atoms with Crippen molar-refractivity contribution in [2.75, 3.05) is 6.61 Å². The van der Waals surface area contributed by atoms with E-state index < -0.39 is 5.97 Å². The number of rotatable bonds is 5. The number of aromatic nitrogens is 1. The summed E-state index contributed by atoms with van der Waals surface area (Å²) in [4.78, 5) is 26.8. The van der Waals surface area contributed by atoms with E-state index in [0.29, 0.717) is 12.1 Å². The van der Waals surface area contributed by atoms with Gasteiger partial charge < -0.3 is 15.0 Å². The first kappa shape index (κ1) is 14.8. The van der Waals surface area contributed by atoms with Gasteiger partial charge in [0.15, 0.2) is 6.61 Å². The van der Waals surface area contributed by atoms with Gasteiger partial charge in [-0.05, 0) is 11.6 Å². The number of carbonyl (C=O) groups is 2. The molecule has 116 valence electrons. The van der Waals surface area contributed by atoms with Gasteiger partial charge in [0.2, 0.25) is 0 Å².